The summed E-state index contributed by atoms with van der Waals surface area (Å²) in [7, 11) is 0. The molecule has 0 aliphatic heterocycles. The van der Waals surface area contributed by atoms with Gasteiger partial charge >= 0.3 is 0 Å². The highest BCUT2D eigenvalue weighted by atomic mass is 32.1. The molecule has 0 unspecified atom stereocenters. The first-order valence-electron chi connectivity index (χ1n) is 9.70. The van der Waals surface area contributed by atoms with E-state index < -0.39 is 10.7 Å². The van der Waals surface area contributed by atoms with Gasteiger partial charge in [0.2, 0.25) is 5.70 Å². The van der Waals surface area contributed by atoms with Crippen molar-refractivity contribution in [2.75, 3.05) is 5.32 Å². The molecule has 158 valence electrons. The van der Waals surface area contributed by atoms with Crippen molar-refractivity contribution in [3.8, 4) is 0 Å². The number of pyridine rings is 1. The quantitative estimate of drug-likeness (QED) is 0.163. The Morgan fingerprint density at radius 3 is 2.29 bits per heavy atom. The van der Waals surface area contributed by atoms with E-state index in [1.165, 1.54) is 6.07 Å². The number of nitrogens with one attached hydrogen (secondary N) is 1. The third kappa shape index (κ3) is 5.13. The van der Waals surface area contributed by atoms with Crippen LogP contribution in [0.5, 0.6) is 0 Å². The van der Waals surface area contributed by atoms with Crippen molar-refractivity contribution in [3.63, 3.8) is 0 Å². The number of anilines is 1. The second-order valence-electron chi connectivity index (χ2n) is 7.56. The normalized spacial score (nSPS) is 11.6. The topological polar surface area (TPSA) is 82.1 Å². The molecule has 0 spiro atoms. The van der Waals surface area contributed by atoms with Gasteiger partial charge in [0.05, 0.1) is 4.92 Å². The van der Waals surface area contributed by atoms with Gasteiger partial charge in [0.15, 0.2) is 17.4 Å². The lowest BCUT2D eigenvalue weighted by molar-refractivity contribution is -0.578. The molecule has 0 saturated heterocycles. The molecule has 6 nitrogen and oxygen atoms in total. The SMILES string of the molecule is Cc1cc(C)cc(NC(=S)/C(=C(\[O-])c2ccc(C)c([N+](=O)[O-])c2)[n+]2cccc(C)c2)c1. The number of benzene rings is 2. The van der Waals surface area contributed by atoms with Gasteiger partial charge in [-0.15, -0.1) is 0 Å². The van der Waals surface area contributed by atoms with Crippen LogP contribution in [0, 0.1) is 37.8 Å². The van der Waals surface area contributed by atoms with E-state index in [0.717, 1.165) is 22.4 Å². The van der Waals surface area contributed by atoms with Gasteiger partial charge in [0.25, 0.3) is 5.69 Å². The van der Waals surface area contributed by atoms with Crippen LogP contribution < -0.4 is 15.0 Å². The Kier molecular flexibility index (Phi) is 6.46. The maximum atomic E-state index is 13.5. The molecule has 2 aromatic carbocycles. The monoisotopic (exact) mass is 433 g/mol. The third-order valence-corrected chi connectivity index (χ3v) is 5.08. The second kappa shape index (κ2) is 9.06. The Hall–Kier alpha value is -3.58. The molecule has 0 saturated carbocycles. The van der Waals surface area contributed by atoms with Crippen molar-refractivity contribution in [1.82, 2.24) is 0 Å². The third-order valence-electron chi connectivity index (χ3n) is 4.78. The largest absolute Gasteiger partial charge is 0.867 e. The van der Waals surface area contributed by atoms with Crippen LogP contribution in [0.4, 0.5) is 11.4 Å². The molecular formula is C24H23N3O3S. The molecule has 0 aliphatic carbocycles. The summed E-state index contributed by atoms with van der Waals surface area (Å²) in [6.07, 6.45) is 3.53. The fourth-order valence-corrected chi connectivity index (χ4v) is 3.71. The zero-order valence-corrected chi connectivity index (χ0v) is 18.6. The molecule has 1 heterocycles. The number of thiocarbonyl (C=S) groups is 1. The number of nitro groups is 1. The maximum Gasteiger partial charge on any atom is 0.272 e. The minimum absolute atomic E-state index is 0.104. The molecule has 0 bridgehead atoms. The van der Waals surface area contributed by atoms with E-state index in [1.54, 1.807) is 36.0 Å². The van der Waals surface area contributed by atoms with E-state index in [-0.39, 0.29) is 21.9 Å². The van der Waals surface area contributed by atoms with Crippen molar-refractivity contribution >= 4 is 40.0 Å². The molecule has 3 rings (SSSR count). The summed E-state index contributed by atoms with van der Waals surface area (Å²) >= 11 is 5.63. The van der Waals surface area contributed by atoms with Crippen molar-refractivity contribution in [1.29, 1.82) is 0 Å². The molecule has 0 aliphatic rings. The highest BCUT2D eigenvalue weighted by Gasteiger charge is 2.21. The van der Waals surface area contributed by atoms with Gasteiger partial charge in [-0.3, -0.25) is 10.1 Å². The van der Waals surface area contributed by atoms with Crippen molar-refractivity contribution in [2.24, 2.45) is 0 Å². The summed E-state index contributed by atoms with van der Waals surface area (Å²) in [5, 5.41) is 28.0. The Bertz CT molecular complexity index is 1200. The predicted octanol–water partition coefficient (Wildman–Crippen LogP) is 4.24. The van der Waals surface area contributed by atoms with Gasteiger partial charge in [-0.2, -0.15) is 4.57 Å². The van der Waals surface area contributed by atoms with Crippen molar-refractivity contribution in [2.45, 2.75) is 27.7 Å². The average molecular weight is 434 g/mol. The van der Waals surface area contributed by atoms with Crippen molar-refractivity contribution in [3.05, 3.63) is 98.9 Å². The summed E-state index contributed by atoms with van der Waals surface area (Å²) in [6.45, 7) is 7.52. The van der Waals surface area contributed by atoms with Crippen LogP contribution in [0.3, 0.4) is 0 Å². The van der Waals surface area contributed by atoms with Gasteiger partial charge in [-0.25, -0.2) is 0 Å². The molecular weight excluding hydrogens is 410 g/mol. The Morgan fingerprint density at radius 2 is 1.68 bits per heavy atom. The van der Waals surface area contributed by atoms with Crippen LogP contribution in [-0.2, 0) is 0 Å². The Balaban J connectivity index is 2.15. The van der Waals surface area contributed by atoms with E-state index in [4.69, 9.17) is 12.2 Å². The van der Waals surface area contributed by atoms with Gasteiger partial charge in [-0.1, -0.05) is 30.4 Å². The summed E-state index contributed by atoms with van der Waals surface area (Å²) in [4.78, 5) is 11.1. The van der Waals surface area contributed by atoms with Gasteiger partial charge < -0.3 is 10.4 Å². The first-order chi connectivity index (χ1) is 14.7. The van der Waals surface area contributed by atoms with Crippen molar-refractivity contribution < 1.29 is 14.6 Å². The van der Waals surface area contributed by atoms with Gasteiger partial charge in [-0.05, 0) is 68.3 Å². The Labute approximate surface area is 186 Å². The van der Waals surface area contributed by atoms with E-state index in [2.05, 4.69) is 5.32 Å². The smallest absolute Gasteiger partial charge is 0.272 e. The molecule has 0 amide bonds. The second-order valence-corrected chi connectivity index (χ2v) is 7.96. The fraction of sp³-hybridized carbons (Fsp3) is 0.167. The number of aryl methyl sites for hydroxylation is 4. The number of rotatable bonds is 5. The number of hydrogen-bond acceptors (Lipinski definition) is 4. The summed E-state index contributed by atoms with van der Waals surface area (Å²) in [5.74, 6) is -0.402. The summed E-state index contributed by atoms with van der Waals surface area (Å²) in [6, 6.07) is 14.1. The van der Waals surface area contributed by atoms with Crippen LogP contribution in [0.1, 0.15) is 27.8 Å². The van der Waals surface area contributed by atoms with E-state index in [1.807, 2.05) is 51.1 Å². The molecule has 31 heavy (non-hydrogen) atoms. The lowest BCUT2D eigenvalue weighted by Crippen LogP contribution is -2.40. The molecule has 3 aromatic rings. The average Bonchev–Trinajstić information content (AvgIpc) is 2.67. The summed E-state index contributed by atoms with van der Waals surface area (Å²) in [5.41, 5.74) is 4.65. The molecule has 1 aromatic heterocycles. The number of nitro benzene ring substituents is 1. The van der Waals surface area contributed by atoms with Crippen LogP contribution in [0.2, 0.25) is 0 Å². The molecule has 0 atom stereocenters. The molecule has 0 radical (unpaired) electrons. The van der Waals surface area contributed by atoms with Crippen LogP contribution in [0.15, 0.2) is 60.9 Å². The lowest BCUT2D eigenvalue weighted by atomic mass is 10.1. The summed E-state index contributed by atoms with van der Waals surface area (Å²) < 4.78 is 1.65. The Morgan fingerprint density at radius 1 is 1.00 bits per heavy atom. The minimum atomic E-state index is -0.488. The standard InChI is InChI=1S/C24H23N3O3S/c1-15-6-5-9-26(14-15)22(24(31)25-20-11-16(2)10-17(3)12-20)23(28)19-8-7-18(4)21(13-19)27(29)30/h5-14H,1-4H3,(H-,25,28,31). The maximum absolute atomic E-state index is 13.5. The highest BCUT2D eigenvalue weighted by molar-refractivity contribution is 7.81. The molecule has 1 N–H and O–H groups in total. The number of nitrogens with zero attached hydrogens (tertiary/aromatic N) is 2. The minimum Gasteiger partial charge on any atom is -0.867 e. The fourth-order valence-electron chi connectivity index (χ4n) is 3.39. The number of hydrogen-bond donors (Lipinski definition) is 1. The van der Waals surface area contributed by atoms with Crippen LogP contribution in [0.25, 0.3) is 11.5 Å². The van der Waals surface area contributed by atoms with Gasteiger partial charge in [0, 0.05) is 28.9 Å². The molecule has 0 fully saturated rings. The van der Waals surface area contributed by atoms with Crippen LogP contribution in [-0.4, -0.2) is 9.91 Å². The first-order valence-corrected chi connectivity index (χ1v) is 10.1. The number of aromatic nitrogens is 1. The van der Waals surface area contributed by atoms with E-state index in [9.17, 15) is 15.2 Å². The van der Waals surface area contributed by atoms with E-state index in [0.29, 0.717) is 5.56 Å². The van der Waals surface area contributed by atoms with E-state index >= 15 is 0 Å². The zero-order valence-electron chi connectivity index (χ0n) is 17.8. The first kappa shape index (κ1) is 22.1. The zero-order chi connectivity index (χ0) is 22.7. The highest BCUT2D eigenvalue weighted by Crippen LogP contribution is 2.24. The van der Waals surface area contributed by atoms with Crippen LogP contribution >= 0.6 is 12.2 Å². The predicted molar refractivity (Wildman–Crippen MR) is 124 cm³/mol. The van der Waals surface area contributed by atoms with Gasteiger partial charge in [0.1, 0.15) is 0 Å². The lowest BCUT2D eigenvalue weighted by Gasteiger charge is -2.17. The molecule has 7 heteroatoms.